The van der Waals surface area contributed by atoms with Crippen LogP contribution in [0.4, 0.5) is 13.2 Å². The first-order valence-corrected chi connectivity index (χ1v) is 8.76. The van der Waals surface area contributed by atoms with E-state index in [1.807, 2.05) is 0 Å². The lowest BCUT2D eigenvalue weighted by Gasteiger charge is -2.31. The lowest BCUT2D eigenvalue weighted by Crippen LogP contribution is -2.54. The Balaban J connectivity index is 5.56. The van der Waals surface area contributed by atoms with Crippen molar-refractivity contribution in [3.05, 3.63) is 0 Å². The van der Waals surface area contributed by atoms with Gasteiger partial charge < -0.3 is 4.74 Å². The van der Waals surface area contributed by atoms with E-state index in [0.29, 0.717) is 0 Å². The zero-order valence-corrected chi connectivity index (χ0v) is 15.6. The number of nitrogens with one attached hydrogen (secondary N) is 1. The number of esters is 1. The van der Waals surface area contributed by atoms with E-state index in [1.165, 1.54) is 0 Å². The number of halogens is 3. The van der Waals surface area contributed by atoms with Crippen LogP contribution in [0.25, 0.3) is 0 Å². The molecule has 0 radical (unpaired) electrons. The van der Waals surface area contributed by atoms with Gasteiger partial charge in [0.25, 0.3) is 0 Å². The van der Waals surface area contributed by atoms with Gasteiger partial charge in [-0.15, -0.1) is 0 Å². The summed E-state index contributed by atoms with van der Waals surface area (Å²) in [6.45, 7) is 11.3. The molecule has 4 nitrogen and oxygen atoms in total. The molecule has 0 saturated heterocycles. The summed E-state index contributed by atoms with van der Waals surface area (Å²) in [7, 11) is -1.96. The predicted molar refractivity (Wildman–Crippen MR) is 85.0 cm³/mol. The van der Waals surface area contributed by atoms with Gasteiger partial charge in [-0.05, 0) is 47.0 Å². The van der Waals surface area contributed by atoms with Gasteiger partial charge in [0.05, 0.1) is 27.8 Å². The van der Waals surface area contributed by atoms with Crippen molar-refractivity contribution in [1.82, 2.24) is 4.72 Å². The van der Waals surface area contributed by atoms with E-state index in [1.54, 1.807) is 48.5 Å². The fourth-order valence-electron chi connectivity index (χ4n) is 1.87. The van der Waals surface area contributed by atoms with Crippen LogP contribution in [0.3, 0.4) is 0 Å². The number of alkyl halides is 3. The largest absolute Gasteiger partial charge is 0.463 e. The quantitative estimate of drug-likeness (QED) is 0.707. The Kier molecular flexibility index (Phi) is 8.23. The Morgan fingerprint density at radius 3 is 1.91 bits per heavy atom. The first-order chi connectivity index (χ1) is 10.2. The Hall–Kier alpha value is -0.630. The van der Waals surface area contributed by atoms with E-state index >= 15 is 0 Å². The highest BCUT2D eigenvalue weighted by Gasteiger charge is 2.49. The van der Waals surface area contributed by atoms with Crippen molar-refractivity contribution in [3.8, 4) is 0 Å². The smallest absolute Gasteiger partial charge is 0.405 e. The highest BCUT2D eigenvalue weighted by atomic mass is 32.2. The Morgan fingerprint density at radius 1 is 1.13 bits per heavy atom. The number of carbonyl (C=O) groups is 1. The highest BCUT2D eigenvalue weighted by molar-refractivity contribution is 7.84. The maximum Gasteiger partial charge on any atom is 0.405 e. The van der Waals surface area contributed by atoms with Crippen molar-refractivity contribution in [2.45, 2.75) is 78.0 Å². The van der Waals surface area contributed by atoms with Crippen LogP contribution in [-0.4, -0.2) is 33.2 Å². The molecule has 3 atom stereocenters. The van der Waals surface area contributed by atoms with Gasteiger partial charge in [0, 0.05) is 0 Å². The summed E-state index contributed by atoms with van der Waals surface area (Å²) in [6.07, 6.45) is -5.24. The molecule has 0 aliphatic heterocycles. The normalized spacial score (nSPS) is 17.2. The summed E-state index contributed by atoms with van der Waals surface area (Å²) in [4.78, 5) is 12.1. The summed E-state index contributed by atoms with van der Waals surface area (Å²) < 4.78 is 58.7. The number of ether oxygens (including phenoxy) is 1. The third-order valence-corrected chi connectivity index (χ3v) is 4.51. The molecule has 0 saturated carbocycles. The van der Waals surface area contributed by atoms with E-state index in [-0.39, 0.29) is 12.3 Å². The van der Waals surface area contributed by atoms with Gasteiger partial charge in [-0.25, -0.2) is 8.93 Å². The molecule has 0 spiro atoms. The van der Waals surface area contributed by atoms with Gasteiger partial charge in [-0.1, -0.05) is 13.8 Å². The van der Waals surface area contributed by atoms with Crippen LogP contribution >= 0.6 is 0 Å². The number of hydrogen-bond acceptors (Lipinski definition) is 3. The standard InChI is InChI=1S/C15H28F3NO3S/c1-9(2)8-11(13(20)22-10(3)4)12(15(16,17)18)19-23(21)14(5,6)7/h9-12,19H,8H2,1-7H3/t11-,12-,23-/m0/s1. The highest BCUT2D eigenvalue weighted by Crippen LogP contribution is 2.31. The Morgan fingerprint density at radius 2 is 1.61 bits per heavy atom. The van der Waals surface area contributed by atoms with E-state index < -0.39 is 45.9 Å². The lowest BCUT2D eigenvalue weighted by molar-refractivity contribution is -0.182. The van der Waals surface area contributed by atoms with Gasteiger partial charge in [-0.3, -0.25) is 4.79 Å². The zero-order valence-electron chi connectivity index (χ0n) is 14.8. The molecule has 0 unspecified atom stereocenters. The van der Waals surface area contributed by atoms with Crippen molar-refractivity contribution in [1.29, 1.82) is 0 Å². The number of carbonyl (C=O) groups excluding carboxylic acids is 1. The van der Waals surface area contributed by atoms with Crippen LogP contribution in [0, 0.1) is 11.8 Å². The van der Waals surface area contributed by atoms with Crippen molar-refractivity contribution in [2.24, 2.45) is 11.8 Å². The van der Waals surface area contributed by atoms with Crippen LogP contribution in [0.2, 0.25) is 0 Å². The van der Waals surface area contributed by atoms with Crippen LogP contribution < -0.4 is 4.72 Å². The second kappa shape index (κ2) is 8.46. The topological polar surface area (TPSA) is 55.4 Å². The number of rotatable bonds is 7. The van der Waals surface area contributed by atoms with Gasteiger partial charge in [-0.2, -0.15) is 13.2 Å². The predicted octanol–water partition coefficient (Wildman–Crippen LogP) is 3.58. The van der Waals surface area contributed by atoms with Gasteiger partial charge >= 0.3 is 12.1 Å². The molecule has 8 heteroatoms. The van der Waals surface area contributed by atoms with Crippen LogP contribution in [0.5, 0.6) is 0 Å². The Labute approximate surface area is 139 Å². The maximum absolute atomic E-state index is 13.5. The van der Waals surface area contributed by atoms with Crippen molar-refractivity contribution < 1.29 is 26.9 Å². The molecule has 0 heterocycles. The third kappa shape index (κ3) is 8.15. The molecule has 0 rings (SSSR count). The summed E-state index contributed by atoms with van der Waals surface area (Å²) in [5.74, 6) is -2.51. The van der Waals surface area contributed by atoms with E-state index in [0.717, 1.165) is 0 Å². The fourth-order valence-corrected chi connectivity index (χ4v) is 2.75. The van der Waals surface area contributed by atoms with Crippen LogP contribution in [0.15, 0.2) is 0 Å². The molecule has 138 valence electrons. The molecular weight excluding hydrogens is 331 g/mol. The minimum atomic E-state index is -4.71. The molecule has 0 bridgehead atoms. The van der Waals surface area contributed by atoms with E-state index in [2.05, 4.69) is 4.72 Å². The molecule has 0 aromatic heterocycles. The second-order valence-corrected chi connectivity index (χ2v) is 9.24. The minimum Gasteiger partial charge on any atom is -0.463 e. The third-order valence-electron chi connectivity index (χ3n) is 2.93. The monoisotopic (exact) mass is 359 g/mol. The molecule has 0 aromatic rings. The average Bonchev–Trinajstić information content (AvgIpc) is 2.29. The molecule has 0 amide bonds. The first-order valence-electron chi connectivity index (χ1n) is 7.61. The van der Waals surface area contributed by atoms with Crippen molar-refractivity contribution in [3.63, 3.8) is 0 Å². The van der Waals surface area contributed by atoms with Crippen LogP contribution in [0.1, 0.15) is 54.9 Å². The van der Waals surface area contributed by atoms with Crippen molar-refractivity contribution in [2.75, 3.05) is 0 Å². The molecule has 0 aliphatic carbocycles. The molecule has 1 N–H and O–H groups in total. The molecule has 23 heavy (non-hydrogen) atoms. The molecule has 0 aromatic carbocycles. The average molecular weight is 359 g/mol. The fraction of sp³-hybridized carbons (Fsp3) is 0.933. The van der Waals surface area contributed by atoms with E-state index in [9.17, 15) is 22.2 Å². The molecular formula is C15H28F3NO3S. The minimum absolute atomic E-state index is 0.00985. The second-order valence-electron chi connectivity index (χ2n) is 7.24. The molecule has 0 aliphatic rings. The maximum atomic E-state index is 13.5. The van der Waals surface area contributed by atoms with E-state index in [4.69, 9.17) is 4.74 Å². The lowest BCUT2D eigenvalue weighted by atomic mass is 9.90. The van der Waals surface area contributed by atoms with Gasteiger partial charge in [0.2, 0.25) is 0 Å². The Bertz CT molecular complexity index is 417. The summed E-state index contributed by atoms with van der Waals surface area (Å²) in [5.41, 5.74) is 0. The van der Waals surface area contributed by atoms with Crippen LogP contribution in [-0.2, 0) is 20.5 Å². The SMILES string of the molecule is CC(C)C[C@H](C(=O)OC(C)C)[C@H](N[S@@](=O)C(C)(C)C)C(F)(F)F. The molecule has 0 fully saturated rings. The van der Waals surface area contributed by atoms with Crippen molar-refractivity contribution >= 4 is 17.0 Å². The van der Waals surface area contributed by atoms with Gasteiger partial charge in [0.1, 0.15) is 6.04 Å². The summed E-state index contributed by atoms with van der Waals surface area (Å²) >= 11 is 0. The summed E-state index contributed by atoms with van der Waals surface area (Å²) in [5, 5.41) is 0. The number of hydrogen-bond donors (Lipinski definition) is 1. The summed E-state index contributed by atoms with van der Waals surface area (Å²) in [6, 6.07) is -2.21. The first kappa shape index (κ1) is 22.4. The van der Waals surface area contributed by atoms with Gasteiger partial charge in [0.15, 0.2) is 0 Å². The zero-order chi connectivity index (χ0) is 18.6.